The standard InChI is InChI=1S/C29H35N3O4/c1-3-18-36-29(34)32-17-7-8-23-26(20-9-12-22(13-10-20)35-4-2)30-25-14-11-21(19-24(25)27(23)32)28(33)31-15-5-6-16-31/h3,9-14,19,23,26-27,30H,1,4-8,15-18H2,2H3. The van der Waals surface area contributed by atoms with E-state index in [0.29, 0.717) is 18.7 Å². The summed E-state index contributed by atoms with van der Waals surface area (Å²) in [6.07, 6.45) is 5.21. The largest absolute Gasteiger partial charge is 0.494 e. The van der Waals surface area contributed by atoms with Crippen LogP contribution in [-0.2, 0) is 4.74 Å². The van der Waals surface area contributed by atoms with Gasteiger partial charge < -0.3 is 24.6 Å². The van der Waals surface area contributed by atoms with E-state index in [2.05, 4.69) is 24.0 Å². The highest BCUT2D eigenvalue weighted by atomic mass is 16.6. The minimum atomic E-state index is -0.334. The van der Waals surface area contributed by atoms with E-state index in [1.807, 2.05) is 47.1 Å². The summed E-state index contributed by atoms with van der Waals surface area (Å²) in [4.78, 5) is 30.1. The molecular weight excluding hydrogens is 454 g/mol. The average molecular weight is 490 g/mol. The van der Waals surface area contributed by atoms with Crippen molar-refractivity contribution in [2.75, 3.05) is 38.2 Å². The van der Waals surface area contributed by atoms with Gasteiger partial charge in [0.05, 0.1) is 18.7 Å². The molecule has 2 fully saturated rings. The van der Waals surface area contributed by atoms with E-state index in [1.54, 1.807) is 6.08 Å². The molecule has 0 aliphatic carbocycles. The van der Waals surface area contributed by atoms with Crippen LogP contribution in [0.3, 0.4) is 0 Å². The van der Waals surface area contributed by atoms with Crippen LogP contribution in [-0.4, -0.2) is 54.6 Å². The lowest BCUT2D eigenvalue weighted by Gasteiger charge is -2.48. The summed E-state index contributed by atoms with van der Waals surface area (Å²) in [7, 11) is 0. The normalized spacial score (nSPS) is 22.8. The quantitative estimate of drug-likeness (QED) is 0.538. The summed E-state index contributed by atoms with van der Waals surface area (Å²) >= 11 is 0. The first-order valence-electron chi connectivity index (χ1n) is 13.1. The molecule has 3 aliphatic rings. The van der Waals surface area contributed by atoms with Gasteiger partial charge in [-0.25, -0.2) is 4.79 Å². The molecule has 0 bridgehead atoms. The number of amides is 2. The Hall–Kier alpha value is -3.48. The van der Waals surface area contributed by atoms with Crippen molar-refractivity contribution in [3.05, 3.63) is 71.8 Å². The van der Waals surface area contributed by atoms with E-state index in [1.165, 1.54) is 0 Å². The highest BCUT2D eigenvalue weighted by molar-refractivity contribution is 5.95. The maximum Gasteiger partial charge on any atom is 0.410 e. The van der Waals surface area contributed by atoms with Crippen LogP contribution in [0, 0.1) is 5.92 Å². The fraction of sp³-hybridized carbons (Fsp3) is 0.448. The predicted octanol–water partition coefficient (Wildman–Crippen LogP) is 5.56. The molecule has 36 heavy (non-hydrogen) atoms. The van der Waals surface area contributed by atoms with Gasteiger partial charge in [0.1, 0.15) is 12.4 Å². The molecule has 0 saturated carbocycles. The van der Waals surface area contributed by atoms with Gasteiger partial charge in [0.15, 0.2) is 0 Å². The average Bonchev–Trinajstić information content (AvgIpc) is 3.46. The molecule has 7 heteroatoms. The number of fused-ring (bicyclic) bond motifs is 3. The van der Waals surface area contributed by atoms with Crippen LogP contribution in [0.5, 0.6) is 5.75 Å². The minimum Gasteiger partial charge on any atom is -0.494 e. The molecular formula is C29H35N3O4. The molecule has 3 unspecified atom stereocenters. The molecule has 3 heterocycles. The van der Waals surface area contributed by atoms with Crippen LogP contribution in [0.1, 0.15) is 66.2 Å². The third-order valence-electron chi connectivity index (χ3n) is 7.54. The van der Waals surface area contributed by atoms with E-state index < -0.39 is 0 Å². The Morgan fingerprint density at radius 3 is 2.58 bits per heavy atom. The van der Waals surface area contributed by atoms with Crippen molar-refractivity contribution in [3.63, 3.8) is 0 Å². The minimum absolute atomic E-state index is 0.0216. The molecule has 0 radical (unpaired) electrons. The van der Waals surface area contributed by atoms with Crippen LogP contribution in [0.15, 0.2) is 55.1 Å². The lowest BCUT2D eigenvalue weighted by Crippen LogP contribution is -2.48. The Balaban J connectivity index is 1.53. The molecule has 1 N–H and O–H groups in total. The summed E-state index contributed by atoms with van der Waals surface area (Å²) in [5.74, 6) is 1.05. The van der Waals surface area contributed by atoms with E-state index in [4.69, 9.17) is 9.47 Å². The topological polar surface area (TPSA) is 71.1 Å². The molecule has 5 rings (SSSR count). The zero-order chi connectivity index (χ0) is 25.1. The molecule has 190 valence electrons. The van der Waals surface area contributed by atoms with Crippen LogP contribution >= 0.6 is 0 Å². The van der Waals surface area contributed by atoms with Gasteiger partial charge in [0.25, 0.3) is 5.91 Å². The van der Waals surface area contributed by atoms with Crippen LogP contribution in [0.2, 0.25) is 0 Å². The Bertz CT molecular complexity index is 1110. The monoisotopic (exact) mass is 489 g/mol. The maximum absolute atomic E-state index is 13.2. The fourth-order valence-corrected chi connectivity index (χ4v) is 5.91. The van der Waals surface area contributed by atoms with Crippen molar-refractivity contribution in [3.8, 4) is 5.75 Å². The van der Waals surface area contributed by atoms with E-state index in [-0.39, 0.29) is 36.6 Å². The second-order valence-electron chi connectivity index (χ2n) is 9.74. The van der Waals surface area contributed by atoms with Crippen molar-refractivity contribution in [1.82, 2.24) is 9.80 Å². The molecule has 2 aromatic carbocycles. The van der Waals surface area contributed by atoms with Gasteiger partial charge in [-0.05, 0) is 74.1 Å². The lowest BCUT2D eigenvalue weighted by molar-refractivity contribution is 0.0505. The summed E-state index contributed by atoms with van der Waals surface area (Å²) in [6.45, 7) is 8.68. The van der Waals surface area contributed by atoms with E-state index >= 15 is 0 Å². The number of piperidine rings is 1. The van der Waals surface area contributed by atoms with Crippen molar-refractivity contribution >= 4 is 17.7 Å². The molecule has 2 aromatic rings. The van der Waals surface area contributed by atoms with Crippen molar-refractivity contribution in [1.29, 1.82) is 0 Å². The Labute approximate surface area is 213 Å². The summed E-state index contributed by atoms with van der Waals surface area (Å²) in [5, 5.41) is 3.74. The number of likely N-dealkylation sites (tertiary alicyclic amines) is 2. The Kier molecular flexibility index (Phi) is 7.16. The Morgan fingerprint density at radius 2 is 1.86 bits per heavy atom. The Morgan fingerprint density at radius 1 is 1.08 bits per heavy atom. The van der Waals surface area contributed by atoms with Crippen LogP contribution in [0.4, 0.5) is 10.5 Å². The molecule has 2 saturated heterocycles. The summed E-state index contributed by atoms with van der Waals surface area (Å²) in [5.41, 5.74) is 3.78. The van der Waals surface area contributed by atoms with E-state index in [9.17, 15) is 9.59 Å². The van der Waals surface area contributed by atoms with Gasteiger partial charge >= 0.3 is 6.09 Å². The first-order valence-corrected chi connectivity index (χ1v) is 13.1. The third-order valence-corrected chi connectivity index (χ3v) is 7.54. The summed E-state index contributed by atoms with van der Waals surface area (Å²) < 4.78 is 11.1. The number of anilines is 1. The number of carbonyl (C=O) groups excluding carboxylic acids is 2. The van der Waals surface area contributed by atoms with Gasteiger partial charge in [-0.2, -0.15) is 0 Å². The van der Waals surface area contributed by atoms with Gasteiger partial charge in [-0.1, -0.05) is 24.8 Å². The number of hydrogen-bond acceptors (Lipinski definition) is 5. The second-order valence-corrected chi connectivity index (χ2v) is 9.74. The number of benzene rings is 2. The van der Waals surface area contributed by atoms with Gasteiger partial charge in [-0.3, -0.25) is 4.79 Å². The second kappa shape index (κ2) is 10.6. The number of nitrogens with zero attached hydrogens (tertiary/aromatic N) is 2. The summed E-state index contributed by atoms with van der Waals surface area (Å²) in [6, 6.07) is 13.9. The predicted molar refractivity (Wildman–Crippen MR) is 139 cm³/mol. The van der Waals surface area contributed by atoms with Crippen LogP contribution < -0.4 is 10.1 Å². The highest BCUT2D eigenvalue weighted by Gasteiger charge is 2.45. The third kappa shape index (κ3) is 4.66. The fourth-order valence-electron chi connectivity index (χ4n) is 5.91. The highest BCUT2D eigenvalue weighted by Crippen LogP contribution is 2.50. The zero-order valence-corrected chi connectivity index (χ0v) is 20.9. The number of ether oxygens (including phenoxy) is 2. The number of nitrogens with one attached hydrogen (secondary N) is 1. The smallest absolute Gasteiger partial charge is 0.410 e. The van der Waals surface area contributed by atoms with Gasteiger partial charge in [0, 0.05) is 36.8 Å². The molecule has 0 aromatic heterocycles. The number of hydrogen-bond donors (Lipinski definition) is 1. The van der Waals surface area contributed by atoms with Crippen molar-refractivity contribution in [2.45, 2.75) is 44.7 Å². The number of carbonyl (C=O) groups is 2. The molecule has 7 nitrogen and oxygen atoms in total. The van der Waals surface area contributed by atoms with Gasteiger partial charge in [0.2, 0.25) is 0 Å². The van der Waals surface area contributed by atoms with Crippen molar-refractivity contribution in [2.24, 2.45) is 5.92 Å². The van der Waals surface area contributed by atoms with Crippen molar-refractivity contribution < 1.29 is 19.1 Å². The molecule has 3 aliphatic heterocycles. The van der Waals surface area contributed by atoms with E-state index in [0.717, 1.165) is 61.3 Å². The molecule has 3 atom stereocenters. The maximum atomic E-state index is 13.2. The SMILES string of the molecule is C=CCOC(=O)N1CCCC2C(c3ccc(OCC)cc3)Nc3ccc(C(=O)N4CCCC4)cc3C21. The molecule has 2 amide bonds. The first kappa shape index (κ1) is 24.2. The number of rotatable bonds is 6. The van der Waals surface area contributed by atoms with Gasteiger partial charge in [-0.15, -0.1) is 0 Å². The zero-order valence-electron chi connectivity index (χ0n) is 20.9. The lowest BCUT2D eigenvalue weighted by atomic mass is 9.74. The van der Waals surface area contributed by atoms with Crippen LogP contribution in [0.25, 0.3) is 0 Å². The molecule has 0 spiro atoms. The first-order chi connectivity index (χ1) is 17.6.